The zero-order chi connectivity index (χ0) is 17.6. The van der Waals surface area contributed by atoms with Crippen LogP contribution in [0.3, 0.4) is 0 Å². The van der Waals surface area contributed by atoms with Crippen LogP contribution in [0.2, 0.25) is 0 Å². The third kappa shape index (κ3) is 4.64. The Hall–Kier alpha value is -2.73. The predicted molar refractivity (Wildman–Crippen MR) is 99.2 cm³/mol. The van der Waals surface area contributed by atoms with Crippen LogP contribution in [0.15, 0.2) is 48.5 Å². The Bertz CT molecular complexity index is 859. The van der Waals surface area contributed by atoms with Crippen molar-refractivity contribution < 1.29 is 9.53 Å². The molecule has 0 fully saturated rings. The molecule has 128 valence electrons. The van der Waals surface area contributed by atoms with E-state index in [-0.39, 0.29) is 5.91 Å². The van der Waals surface area contributed by atoms with E-state index >= 15 is 0 Å². The lowest BCUT2D eigenvalue weighted by atomic mass is 10.1. The van der Waals surface area contributed by atoms with Gasteiger partial charge in [0.1, 0.15) is 12.4 Å². The summed E-state index contributed by atoms with van der Waals surface area (Å²) < 4.78 is 5.71. The summed E-state index contributed by atoms with van der Waals surface area (Å²) in [5.74, 6) is 0.597. The van der Waals surface area contributed by atoms with E-state index in [0.29, 0.717) is 22.3 Å². The predicted octanol–water partition coefficient (Wildman–Crippen LogP) is 4.24. The van der Waals surface area contributed by atoms with Gasteiger partial charge in [0.2, 0.25) is 5.13 Å². The fourth-order valence-electron chi connectivity index (χ4n) is 2.28. The van der Waals surface area contributed by atoms with Crippen molar-refractivity contribution in [3.8, 4) is 5.75 Å². The van der Waals surface area contributed by atoms with Crippen LogP contribution in [-0.4, -0.2) is 16.1 Å². The minimum atomic E-state index is -0.192. The van der Waals surface area contributed by atoms with Gasteiger partial charge in [-0.1, -0.05) is 48.1 Å². The largest absolute Gasteiger partial charge is 0.486 e. The molecule has 1 N–H and O–H groups in total. The number of rotatable bonds is 6. The maximum absolute atomic E-state index is 12.2. The van der Waals surface area contributed by atoms with E-state index in [1.165, 1.54) is 16.9 Å². The number of benzene rings is 2. The molecule has 25 heavy (non-hydrogen) atoms. The molecule has 0 unspecified atom stereocenters. The zero-order valence-corrected chi connectivity index (χ0v) is 15.0. The first-order valence-corrected chi connectivity index (χ1v) is 8.88. The van der Waals surface area contributed by atoms with Gasteiger partial charge in [0.15, 0.2) is 5.01 Å². The van der Waals surface area contributed by atoms with Crippen molar-refractivity contribution in [2.45, 2.75) is 26.9 Å². The number of anilines is 1. The summed E-state index contributed by atoms with van der Waals surface area (Å²) in [5, 5.41) is 12.0. The molecule has 0 bridgehead atoms. The lowest BCUT2D eigenvalue weighted by Gasteiger charge is -2.04. The van der Waals surface area contributed by atoms with Crippen molar-refractivity contribution in [3.05, 3.63) is 70.2 Å². The van der Waals surface area contributed by atoms with E-state index in [9.17, 15) is 4.79 Å². The molecule has 1 amide bonds. The Labute approximate surface area is 150 Å². The Morgan fingerprint density at radius 1 is 1.16 bits per heavy atom. The van der Waals surface area contributed by atoms with Crippen molar-refractivity contribution in [2.24, 2.45) is 0 Å². The molecule has 1 heterocycles. The zero-order valence-electron chi connectivity index (χ0n) is 14.2. The summed E-state index contributed by atoms with van der Waals surface area (Å²) in [5.41, 5.74) is 2.90. The minimum Gasteiger partial charge on any atom is -0.486 e. The number of aromatic nitrogens is 2. The van der Waals surface area contributed by atoms with Gasteiger partial charge in [-0.15, -0.1) is 10.2 Å². The van der Waals surface area contributed by atoms with Gasteiger partial charge in [-0.25, -0.2) is 0 Å². The Morgan fingerprint density at radius 2 is 1.96 bits per heavy atom. The molecule has 0 atom stereocenters. The van der Waals surface area contributed by atoms with Gasteiger partial charge < -0.3 is 4.74 Å². The molecular weight excluding hydrogens is 334 g/mol. The van der Waals surface area contributed by atoms with Gasteiger partial charge in [-0.3, -0.25) is 10.1 Å². The quantitative estimate of drug-likeness (QED) is 0.720. The molecular formula is C19H19N3O2S. The van der Waals surface area contributed by atoms with Gasteiger partial charge in [0, 0.05) is 5.56 Å². The summed E-state index contributed by atoms with van der Waals surface area (Å²) >= 11 is 1.31. The number of nitrogens with one attached hydrogen (secondary N) is 1. The van der Waals surface area contributed by atoms with Crippen LogP contribution in [0.4, 0.5) is 5.13 Å². The minimum absolute atomic E-state index is 0.192. The molecule has 0 saturated carbocycles. The normalized spacial score (nSPS) is 10.5. The maximum Gasteiger partial charge on any atom is 0.257 e. The average Bonchev–Trinajstić information content (AvgIpc) is 3.08. The van der Waals surface area contributed by atoms with Crippen LogP contribution in [0, 0.1) is 6.92 Å². The fourth-order valence-corrected chi connectivity index (χ4v) is 2.93. The number of hydrogen-bond acceptors (Lipinski definition) is 5. The molecule has 3 aromatic rings. The van der Waals surface area contributed by atoms with E-state index in [0.717, 1.165) is 17.7 Å². The van der Waals surface area contributed by atoms with Crippen LogP contribution in [0.5, 0.6) is 5.75 Å². The highest BCUT2D eigenvalue weighted by Gasteiger charge is 2.10. The van der Waals surface area contributed by atoms with Crippen molar-refractivity contribution in [2.75, 3.05) is 5.32 Å². The second kappa shape index (κ2) is 7.90. The van der Waals surface area contributed by atoms with Crippen molar-refractivity contribution in [1.29, 1.82) is 0 Å². The summed E-state index contributed by atoms with van der Waals surface area (Å²) in [6, 6.07) is 15.4. The third-order valence-electron chi connectivity index (χ3n) is 3.66. The topological polar surface area (TPSA) is 64.1 Å². The Balaban J connectivity index is 1.57. The first-order valence-electron chi connectivity index (χ1n) is 8.06. The van der Waals surface area contributed by atoms with E-state index < -0.39 is 0 Å². The van der Waals surface area contributed by atoms with Crippen LogP contribution >= 0.6 is 11.3 Å². The molecule has 0 radical (unpaired) electrons. The Kier molecular flexibility index (Phi) is 5.40. The average molecular weight is 353 g/mol. The number of hydrogen-bond donors (Lipinski definition) is 1. The molecule has 0 aliphatic carbocycles. The summed E-state index contributed by atoms with van der Waals surface area (Å²) in [4.78, 5) is 12.2. The highest BCUT2D eigenvalue weighted by atomic mass is 32.1. The smallest absolute Gasteiger partial charge is 0.257 e. The summed E-state index contributed by atoms with van der Waals surface area (Å²) in [6.07, 6.45) is 1.00. The maximum atomic E-state index is 12.2. The molecule has 1 aromatic heterocycles. The third-order valence-corrected chi connectivity index (χ3v) is 4.47. The lowest BCUT2D eigenvalue weighted by Crippen LogP contribution is -2.11. The van der Waals surface area contributed by atoms with E-state index in [1.807, 2.05) is 49.4 Å². The molecule has 5 nitrogen and oxygen atoms in total. The first-order chi connectivity index (χ1) is 12.1. The number of carbonyl (C=O) groups excluding carboxylic acids is 1. The van der Waals surface area contributed by atoms with Gasteiger partial charge in [-0.2, -0.15) is 0 Å². The van der Waals surface area contributed by atoms with Crippen LogP contribution in [0.25, 0.3) is 0 Å². The van der Waals surface area contributed by atoms with Crippen LogP contribution < -0.4 is 10.1 Å². The van der Waals surface area contributed by atoms with E-state index in [1.54, 1.807) is 6.07 Å². The summed E-state index contributed by atoms with van der Waals surface area (Å²) in [7, 11) is 0. The van der Waals surface area contributed by atoms with Crippen LogP contribution in [-0.2, 0) is 13.0 Å². The van der Waals surface area contributed by atoms with Crippen molar-refractivity contribution in [3.63, 3.8) is 0 Å². The highest BCUT2D eigenvalue weighted by Crippen LogP contribution is 2.19. The van der Waals surface area contributed by atoms with Gasteiger partial charge in [-0.05, 0) is 43.2 Å². The molecule has 0 aliphatic rings. The SMILES string of the molecule is CCc1ccc(OCc2nnc(NC(=O)c3cccc(C)c3)s2)cc1. The number of amides is 1. The number of carbonyl (C=O) groups is 1. The number of ether oxygens (including phenoxy) is 1. The van der Waals surface area contributed by atoms with E-state index in [2.05, 4.69) is 22.4 Å². The molecule has 6 heteroatoms. The monoisotopic (exact) mass is 353 g/mol. The molecule has 3 rings (SSSR count). The lowest BCUT2D eigenvalue weighted by molar-refractivity contribution is 0.102. The second-order valence-electron chi connectivity index (χ2n) is 5.61. The fraction of sp³-hybridized carbons (Fsp3) is 0.211. The van der Waals surface area contributed by atoms with Crippen LogP contribution in [0.1, 0.15) is 33.4 Å². The first kappa shape index (κ1) is 17.1. The summed E-state index contributed by atoms with van der Waals surface area (Å²) in [6.45, 7) is 4.39. The van der Waals surface area contributed by atoms with Gasteiger partial charge in [0.25, 0.3) is 5.91 Å². The number of aryl methyl sites for hydroxylation is 2. The second-order valence-corrected chi connectivity index (χ2v) is 6.67. The van der Waals surface area contributed by atoms with Gasteiger partial charge >= 0.3 is 0 Å². The van der Waals surface area contributed by atoms with Gasteiger partial charge in [0.05, 0.1) is 0 Å². The van der Waals surface area contributed by atoms with Crippen molar-refractivity contribution in [1.82, 2.24) is 10.2 Å². The highest BCUT2D eigenvalue weighted by molar-refractivity contribution is 7.15. The van der Waals surface area contributed by atoms with Crippen molar-refractivity contribution >= 4 is 22.4 Å². The molecule has 0 saturated heterocycles. The standard InChI is InChI=1S/C19H19N3O2S/c1-3-14-7-9-16(10-8-14)24-12-17-21-22-19(25-17)20-18(23)15-6-4-5-13(2)11-15/h4-11H,3,12H2,1-2H3,(H,20,22,23). The molecule has 0 spiro atoms. The number of nitrogens with zero attached hydrogens (tertiary/aromatic N) is 2. The Morgan fingerprint density at radius 3 is 2.68 bits per heavy atom. The molecule has 2 aromatic carbocycles. The molecule has 0 aliphatic heterocycles. The van der Waals surface area contributed by atoms with E-state index in [4.69, 9.17) is 4.74 Å².